The molecule has 0 saturated carbocycles. The fourth-order valence-electron chi connectivity index (χ4n) is 4.24. The van der Waals surface area contributed by atoms with Gasteiger partial charge >= 0.3 is 0 Å². The van der Waals surface area contributed by atoms with Gasteiger partial charge in [-0.05, 0) is 44.4 Å². The van der Waals surface area contributed by atoms with Gasteiger partial charge in [0, 0.05) is 26.1 Å². The van der Waals surface area contributed by atoms with Crippen LogP contribution in [0.5, 0.6) is 0 Å². The Morgan fingerprint density at radius 2 is 2.05 bits per heavy atom. The Hall–Kier alpha value is -1.65. The van der Waals surface area contributed by atoms with Crippen LogP contribution in [0, 0.1) is 11.8 Å². The summed E-state index contributed by atoms with van der Waals surface area (Å²) in [6.07, 6.45) is 9.07. The minimum absolute atomic E-state index is 0.0905. The number of carbonyl (C=O) groups is 1. The summed E-state index contributed by atoms with van der Waals surface area (Å²) in [5, 5.41) is 8.49. The molecule has 3 heterocycles. The number of hydrogen-bond acceptors (Lipinski definition) is 3. The summed E-state index contributed by atoms with van der Waals surface area (Å²) in [6.45, 7) is 4.87. The number of likely N-dealkylation sites (tertiary alicyclic amines) is 1. The first-order valence-electron chi connectivity index (χ1n) is 8.59. The van der Waals surface area contributed by atoms with Crippen molar-refractivity contribution in [2.24, 2.45) is 11.8 Å². The summed E-state index contributed by atoms with van der Waals surface area (Å²) in [4.78, 5) is 14.9. The van der Waals surface area contributed by atoms with Crippen molar-refractivity contribution >= 4 is 5.91 Å². The molecule has 4 rings (SSSR count). The minimum Gasteiger partial charge on any atom is -0.335 e. The first-order valence-corrected chi connectivity index (χ1v) is 8.59. The summed E-state index contributed by atoms with van der Waals surface area (Å²) < 4.78 is 2.07. The molecule has 1 amide bonds. The lowest BCUT2D eigenvalue weighted by Crippen LogP contribution is -2.31. The molecule has 0 aromatic carbocycles. The van der Waals surface area contributed by atoms with Crippen molar-refractivity contribution in [1.82, 2.24) is 19.7 Å². The molecule has 1 aromatic rings. The quantitative estimate of drug-likeness (QED) is 0.749. The minimum atomic E-state index is 0.0905. The number of aryl methyl sites for hydroxylation is 1. The second kappa shape index (κ2) is 5.52. The topological polar surface area (TPSA) is 51.0 Å². The summed E-state index contributed by atoms with van der Waals surface area (Å²) in [5.74, 6) is 2.93. The van der Waals surface area contributed by atoms with Crippen molar-refractivity contribution in [3.8, 4) is 0 Å². The lowest BCUT2D eigenvalue weighted by molar-refractivity contribution is 0.0766. The van der Waals surface area contributed by atoms with E-state index in [1.165, 1.54) is 12.0 Å². The zero-order valence-corrected chi connectivity index (χ0v) is 13.3. The first-order chi connectivity index (χ1) is 10.7. The van der Waals surface area contributed by atoms with E-state index in [0.29, 0.717) is 17.7 Å². The molecule has 3 aliphatic rings. The summed E-state index contributed by atoms with van der Waals surface area (Å²) in [5.41, 5.74) is 1.48. The van der Waals surface area contributed by atoms with Crippen molar-refractivity contribution in [2.75, 3.05) is 13.1 Å². The Kier molecular flexibility index (Phi) is 3.51. The van der Waals surface area contributed by atoms with Gasteiger partial charge < -0.3 is 9.47 Å². The van der Waals surface area contributed by atoms with Crippen molar-refractivity contribution in [1.29, 1.82) is 0 Å². The van der Waals surface area contributed by atoms with Crippen LogP contribution in [0.3, 0.4) is 0 Å². The smallest absolute Gasteiger partial charge is 0.291 e. The largest absolute Gasteiger partial charge is 0.335 e. The normalized spacial score (nSPS) is 27.9. The van der Waals surface area contributed by atoms with E-state index in [-0.39, 0.29) is 5.91 Å². The molecule has 1 aromatic heterocycles. The molecule has 2 atom stereocenters. The fourth-order valence-corrected chi connectivity index (χ4v) is 4.24. The van der Waals surface area contributed by atoms with Crippen LogP contribution in [0.4, 0.5) is 0 Å². The molecule has 2 aliphatic heterocycles. The molecule has 1 saturated heterocycles. The predicted octanol–water partition coefficient (Wildman–Crippen LogP) is 2.43. The van der Waals surface area contributed by atoms with Crippen molar-refractivity contribution in [3.63, 3.8) is 0 Å². The van der Waals surface area contributed by atoms with E-state index in [9.17, 15) is 4.79 Å². The maximum absolute atomic E-state index is 12.9. The zero-order valence-electron chi connectivity index (χ0n) is 13.3. The van der Waals surface area contributed by atoms with Crippen LogP contribution in [0.25, 0.3) is 0 Å². The van der Waals surface area contributed by atoms with Crippen LogP contribution in [0.15, 0.2) is 11.6 Å². The van der Waals surface area contributed by atoms with Crippen molar-refractivity contribution < 1.29 is 4.79 Å². The third kappa shape index (κ3) is 2.36. The standard InChI is InChI=1S/C17H24N4O/c1-12-6-7-13-10-20(11-14(13)9-12)17(22)16-19-18-15-5-3-2-4-8-21(15)16/h6,13-14H,2-5,7-11H2,1H3/t13-,14+/m0/s1. The number of allylic oxidation sites excluding steroid dienone is 2. The number of hydrogen-bond donors (Lipinski definition) is 0. The third-order valence-electron chi connectivity index (χ3n) is 5.52. The molecule has 22 heavy (non-hydrogen) atoms. The van der Waals surface area contributed by atoms with E-state index >= 15 is 0 Å². The highest BCUT2D eigenvalue weighted by atomic mass is 16.2. The maximum Gasteiger partial charge on any atom is 0.291 e. The summed E-state index contributed by atoms with van der Waals surface area (Å²) >= 11 is 0. The highest BCUT2D eigenvalue weighted by molar-refractivity contribution is 5.91. The van der Waals surface area contributed by atoms with Gasteiger partial charge in [0.15, 0.2) is 0 Å². The van der Waals surface area contributed by atoms with E-state index < -0.39 is 0 Å². The second-order valence-electron chi connectivity index (χ2n) is 7.12. The summed E-state index contributed by atoms with van der Waals surface area (Å²) in [6, 6.07) is 0. The number of nitrogens with zero attached hydrogens (tertiary/aromatic N) is 4. The predicted molar refractivity (Wildman–Crippen MR) is 83.5 cm³/mol. The van der Waals surface area contributed by atoms with Gasteiger partial charge in [-0.15, -0.1) is 10.2 Å². The number of carbonyl (C=O) groups excluding carboxylic acids is 1. The maximum atomic E-state index is 12.9. The Balaban J connectivity index is 1.53. The highest BCUT2D eigenvalue weighted by Crippen LogP contribution is 2.36. The Morgan fingerprint density at radius 3 is 2.95 bits per heavy atom. The number of fused-ring (bicyclic) bond motifs is 2. The average Bonchev–Trinajstić information content (AvgIpc) is 3.03. The fraction of sp³-hybridized carbons (Fsp3) is 0.706. The molecule has 0 N–H and O–H groups in total. The number of rotatable bonds is 1. The van der Waals surface area contributed by atoms with Gasteiger partial charge in [0.05, 0.1) is 0 Å². The molecular formula is C17H24N4O. The zero-order chi connectivity index (χ0) is 15.1. The van der Waals surface area contributed by atoms with Crippen LogP contribution in [0.2, 0.25) is 0 Å². The molecule has 0 unspecified atom stereocenters. The SMILES string of the molecule is CC1=CC[C@H]2CN(C(=O)c3nnc4n3CCCCC4)C[C@H]2C1. The molecule has 118 valence electrons. The lowest BCUT2D eigenvalue weighted by Gasteiger charge is -2.21. The summed E-state index contributed by atoms with van der Waals surface area (Å²) in [7, 11) is 0. The Morgan fingerprint density at radius 1 is 1.18 bits per heavy atom. The van der Waals surface area contributed by atoms with Gasteiger partial charge in [-0.25, -0.2) is 0 Å². The molecule has 0 bridgehead atoms. The van der Waals surface area contributed by atoms with Gasteiger partial charge in [0.25, 0.3) is 5.91 Å². The molecule has 5 nitrogen and oxygen atoms in total. The lowest BCUT2D eigenvalue weighted by atomic mass is 9.83. The highest BCUT2D eigenvalue weighted by Gasteiger charge is 2.38. The van der Waals surface area contributed by atoms with Crippen LogP contribution >= 0.6 is 0 Å². The van der Waals surface area contributed by atoms with E-state index in [1.54, 1.807) is 0 Å². The van der Waals surface area contributed by atoms with E-state index in [2.05, 4.69) is 27.8 Å². The van der Waals surface area contributed by atoms with Crippen LogP contribution < -0.4 is 0 Å². The van der Waals surface area contributed by atoms with Crippen LogP contribution in [-0.4, -0.2) is 38.7 Å². The molecule has 1 aliphatic carbocycles. The van der Waals surface area contributed by atoms with Crippen molar-refractivity contribution in [2.45, 2.75) is 52.0 Å². The molecule has 0 radical (unpaired) electrons. The number of aromatic nitrogens is 3. The van der Waals surface area contributed by atoms with E-state index in [0.717, 1.165) is 57.6 Å². The second-order valence-corrected chi connectivity index (χ2v) is 7.12. The van der Waals surface area contributed by atoms with Gasteiger partial charge in [-0.3, -0.25) is 4.79 Å². The molecule has 0 spiro atoms. The van der Waals surface area contributed by atoms with Gasteiger partial charge in [0.2, 0.25) is 5.82 Å². The number of amides is 1. The third-order valence-corrected chi connectivity index (χ3v) is 5.52. The van der Waals surface area contributed by atoms with Gasteiger partial charge in [0.1, 0.15) is 5.82 Å². The van der Waals surface area contributed by atoms with Crippen molar-refractivity contribution in [3.05, 3.63) is 23.3 Å². The van der Waals surface area contributed by atoms with E-state index in [1.807, 2.05) is 4.90 Å². The molecule has 1 fully saturated rings. The molecule has 5 heteroatoms. The monoisotopic (exact) mass is 300 g/mol. The first kappa shape index (κ1) is 14.0. The molecular weight excluding hydrogens is 276 g/mol. The van der Waals surface area contributed by atoms with E-state index in [4.69, 9.17) is 0 Å². The van der Waals surface area contributed by atoms with Gasteiger partial charge in [-0.2, -0.15) is 0 Å². The Labute approximate surface area is 131 Å². The average molecular weight is 300 g/mol. The Bertz CT molecular complexity index is 618. The van der Waals surface area contributed by atoms with Crippen LogP contribution in [0.1, 0.15) is 55.5 Å². The van der Waals surface area contributed by atoms with Gasteiger partial charge in [-0.1, -0.05) is 18.1 Å². The van der Waals surface area contributed by atoms with Crippen LogP contribution in [-0.2, 0) is 13.0 Å².